The number of ether oxygens (including phenoxy) is 1. The average molecular weight is 438 g/mol. The predicted octanol–water partition coefficient (Wildman–Crippen LogP) is 4.12. The summed E-state index contributed by atoms with van der Waals surface area (Å²) in [5.74, 6) is 0. The SMILES string of the molecule is O=CNC(CCC(Cc1ccccc1)NC(=O)OCc1cncs1)Cc1ccccc1. The Bertz CT molecular complexity index is 904. The summed E-state index contributed by atoms with van der Waals surface area (Å²) in [6.07, 6.45) is 4.87. The van der Waals surface area contributed by atoms with Crippen molar-refractivity contribution in [1.29, 1.82) is 0 Å². The molecule has 3 aromatic rings. The number of aromatic nitrogens is 1. The average Bonchev–Trinajstić information content (AvgIpc) is 3.31. The summed E-state index contributed by atoms with van der Waals surface area (Å²) in [5.41, 5.74) is 4.01. The summed E-state index contributed by atoms with van der Waals surface area (Å²) in [4.78, 5) is 28.4. The van der Waals surface area contributed by atoms with Gasteiger partial charge in [-0.15, -0.1) is 11.3 Å². The van der Waals surface area contributed by atoms with Crippen LogP contribution in [0.4, 0.5) is 4.79 Å². The van der Waals surface area contributed by atoms with Crippen molar-refractivity contribution >= 4 is 23.8 Å². The van der Waals surface area contributed by atoms with Gasteiger partial charge in [-0.25, -0.2) is 4.79 Å². The summed E-state index contributed by atoms with van der Waals surface area (Å²) < 4.78 is 5.35. The van der Waals surface area contributed by atoms with E-state index in [0.29, 0.717) is 12.8 Å². The number of rotatable bonds is 12. The van der Waals surface area contributed by atoms with Crippen molar-refractivity contribution in [2.24, 2.45) is 0 Å². The predicted molar refractivity (Wildman–Crippen MR) is 122 cm³/mol. The van der Waals surface area contributed by atoms with Crippen LogP contribution in [-0.4, -0.2) is 29.6 Å². The van der Waals surface area contributed by atoms with E-state index in [1.54, 1.807) is 11.7 Å². The first-order valence-corrected chi connectivity index (χ1v) is 11.2. The fourth-order valence-corrected chi connectivity index (χ4v) is 3.93. The van der Waals surface area contributed by atoms with E-state index in [2.05, 4.69) is 27.8 Å². The number of carbonyl (C=O) groups excluding carboxylic acids is 2. The second-order valence-corrected chi connectivity index (χ2v) is 8.29. The fraction of sp³-hybridized carbons (Fsp3) is 0.292. The van der Waals surface area contributed by atoms with E-state index in [4.69, 9.17) is 4.74 Å². The highest BCUT2D eigenvalue weighted by Gasteiger charge is 2.17. The molecule has 2 amide bonds. The van der Waals surface area contributed by atoms with E-state index in [-0.39, 0.29) is 18.7 Å². The van der Waals surface area contributed by atoms with Crippen LogP contribution in [0.3, 0.4) is 0 Å². The van der Waals surface area contributed by atoms with Gasteiger partial charge in [0, 0.05) is 18.3 Å². The molecule has 0 saturated heterocycles. The molecule has 0 bridgehead atoms. The number of nitrogens with zero attached hydrogens (tertiary/aromatic N) is 1. The van der Waals surface area contributed by atoms with Crippen LogP contribution in [-0.2, 0) is 29.0 Å². The maximum absolute atomic E-state index is 12.4. The summed E-state index contributed by atoms with van der Waals surface area (Å²) in [6.45, 7) is 0.206. The molecule has 31 heavy (non-hydrogen) atoms. The highest BCUT2D eigenvalue weighted by atomic mass is 32.1. The maximum atomic E-state index is 12.4. The molecule has 162 valence electrons. The van der Waals surface area contributed by atoms with Gasteiger partial charge in [0.1, 0.15) is 6.61 Å². The van der Waals surface area contributed by atoms with Crippen LogP contribution in [0.5, 0.6) is 0 Å². The lowest BCUT2D eigenvalue weighted by Gasteiger charge is -2.22. The van der Waals surface area contributed by atoms with Gasteiger partial charge >= 0.3 is 6.09 Å². The molecule has 1 aromatic heterocycles. The Morgan fingerprint density at radius 2 is 1.58 bits per heavy atom. The van der Waals surface area contributed by atoms with Gasteiger partial charge in [-0.2, -0.15) is 0 Å². The number of alkyl carbamates (subject to hydrolysis) is 1. The summed E-state index contributed by atoms with van der Waals surface area (Å²) in [7, 11) is 0. The molecule has 0 aliphatic carbocycles. The zero-order chi connectivity index (χ0) is 21.7. The monoisotopic (exact) mass is 437 g/mol. The van der Waals surface area contributed by atoms with Crippen molar-refractivity contribution in [1.82, 2.24) is 15.6 Å². The smallest absolute Gasteiger partial charge is 0.407 e. The Morgan fingerprint density at radius 3 is 2.16 bits per heavy atom. The molecular weight excluding hydrogens is 410 g/mol. The zero-order valence-electron chi connectivity index (χ0n) is 17.3. The minimum absolute atomic E-state index is 0.00631. The lowest BCUT2D eigenvalue weighted by atomic mass is 9.96. The first-order valence-electron chi connectivity index (χ1n) is 10.3. The van der Waals surface area contributed by atoms with Crippen molar-refractivity contribution in [2.45, 2.75) is 44.4 Å². The van der Waals surface area contributed by atoms with Gasteiger partial charge in [0.2, 0.25) is 6.41 Å². The standard InChI is InChI=1S/C24H27N3O3S/c28-17-26-21(13-19-7-3-1-4-8-19)11-12-22(14-20-9-5-2-6-10-20)27-24(29)30-16-23-15-25-18-31-23/h1-10,15,17-18,21-22H,11-14,16H2,(H,26,28)(H,27,29). The van der Waals surface area contributed by atoms with Gasteiger partial charge in [0.25, 0.3) is 0 Å². The largest absolute Gasteiger partial charge is 0.444 e. The topological polar surface area (TPSA) is 80.3 Å². The van der Waals surface area contributed by atoms with Crippen LogP contribution in [0.15, 0.2) is 72.4 Å². The molecule has 0 fully saturated rings. The molecule has 0 aliphatic heterocycles. The van der Waals surface area contributed by atoms with E-state index in [1.807, 2.05) is 48.5 Å². The molecule has 6 nitrogen and oxygen atoms in total. The molecule has 7 heteroatoms. The van der Waals surface area contributed by atoms with Crippen LogP contribution >= 0.6 is 11.3 Å². The normalized spacial score (nSPS) is 12.5. The van der Waals surface area contributed by atoms with Gasteiger partial charge < -0.3 is 15.4 Å². The van der Waals surface area contributed by atoms with Gasteiger partial charge in [-0.1, -0.05) is 60.7 Å². The van der Waals surface area contributed by atoms with E-state index >= 15 is 0 Å². The Labute approximate surface area is 186 Å². The molecule has 0 aliphatic rings. The Balaban J connectivity index is 1.58. The van der Waals surface area contributed by atoms with Crippen molar-refractivity contribution < 1.29 is 14.3 Å². The quantitative estimate of drug-likeness (QED) is 0.418. The van der Waals surface area contributed by atoms with E-state index < -0.39 is 6.09 Å². The summed E-state index contributed by atoms with van der Waals surface area (Å²) in [5, 5.41) is 5.91. The number of hydrogen-bond acceptors (Lipinski definition) is 5. The number of carbonyl (C=O) groups is 2. The van der Waals surface area contributed by atoms with Crippen LogP contribution in [0.2, 0.25) is 0 Å². The van der Waals surface area contributed by atoms with Gasteiger partial charge in [0.15, 0.2) is 0 Å². The maximum Gasteiger partial charge on any atom is 0.407 e. The molecule has 2 N–H and O–H groups in total. The van der Waals surface area contributed by atoms with Gasteiger partial charge in [-0.05, 0) is 36.8 Å². The van der Waals surface area contributed by atoms with E-state index in [9.17, 15) is 9.59 Å². The third-order valence-electron chi connectivity index (χ3n) is 4.97. The molecule has 2 aromatic carbocycles. The third-order valence-corrected chi connectivity index (χ3v) is 5.72. The van der Waals surface area contributed by atoms with E-state index in [0.717, 1.165) is 29.7 Å². The lowest BCUT2D eigenvalue weighted by molar-refractivity contribution is -0.110. The van der Waals surface area contributed by atoms with Crippen LogP contribution in [0.25, 0.3) is 0 Å². The fourth-order valence-electron chi connectivity index (χ4n) is 3.42. The molecule has 2 atom stereocenters. The first-order chi connectivity index (χ1) is 15.2. The van der Waals surface area contributed by atoms with Crippen molar-refractivity contribution in [3.63, 3.8) is 0 Å². The summed E-state index contributed by atoms with van der Waals surface area (Å²) >= 11 is 1.45. The second-order valence-electron chi connectivity index (χ2n) is 7.32. The Morgan fingerprint density at radius 1 is 0.968 bits per heavy atom. The highest BCUT2D eigenvalue weighted by molar-refractivity contribution is 7.09. The zero-order valence-corrected chi connectivity index (χ0v) is 18.1. The number of hydrogen-bond donors (Lipinski definition) is 2. The Kier molecular flexibility index (Phi) is 9.07. The van der Waals surface area contributed by atoms with Gasteiger partial charge in [0.05, 0.1) is 10.4 Å². The highest BCUT2D eigenvalue weighted by Crippen LogP contribution is 2.13. The second kappa shape index (κ2) is 12.5. The number of nitrogens with one attached hydrogen (secondary N) is 2. The molecule has 2 unspecified atom stereocenters. The third kappa shape index (κ3) is 8.22. The number of benzene rings is 2. The Hall–Kier alpha value is -3.19. The van der Waals surface area contributed by atoms with Crippen molar-refractivity contribution in [3.8, 4) is 0 Å². The van der Waals surface area contributed by atoms with E-state index in [1.165, 1.54) is 16.9 Å². The molecule has 0 spiro atoms. The van der Waals surface area contributed by atoms with Crippen LogP contribution < -0.4 is 10.6 Å². The number of amides is 2. The van der Waals surface area contributed by atoms with Crippen LogP contribution in [0.1, 0.15) is 28.8 Å². The molecular formula is C24H27N3O3S. The van der Waals surface area contributed by atoms with Crippen LogP contribution in [0, 0.1) is 0 Å². The molecule has 1 heterocycles. The summed E-state index contributed by atoms with van der Waals surface area (Å²) in [6, 6.07) is 20.0. The minimum atomic E-state index is -0.447. The molecule has 3 rings (SSSR count). The van der Waals surface area contributed by atoms with Gasteiger partial charge in [-0.3, -0.25) is 9.78 Å². The first kappa shape index (κ1) is 22.5. The minimum Gasteiger partial charge on any atom is -0.444 e. The van der Waals surface area contributed by atoms with Crippen molar-refractivity contribution in [3.05, 3.63) is 88.4 Å². The number of thiazole rings is 1. The van der Waals surface area contributed by atoms with Crippen molar-refractivity contribution in [2.75, 3.05) is 0 Å². The lowest BCUT2D eigenvalue weighted by Crippen LogP contribution is -2.39. The molecule has 0 radical (unpaired) electrons. The molecule has 0 saturated carbocycles.